The Morgan fingerprint density at radius 2 is 1.94 bits per heavy atom. The molecule has 1 aromatic carbocycles. The highest BCUT2D eigenvalue weighted by atomic mass is 32.2. The first-order valence-corrected chi connectivity index (χ1v) is 6.13. The molecule has 0 amide bonds. The van der Waals surface area contributed by atoms with Gasteiger partial charge < -0.3 is 10.8 Å². The average Bonchev–Trinajstić information content (AvgIpc) is 2.26. The van der Waals surface area contributed by atoms with Crippen LogP contribution >= 0.6 is 0 Å². The van der Waals surface area contributed by atoms with Crippen LogP contribution < -0.4 is 10.0 Å². The minimum atomic E-state index is -5.07. The normalized spacial score (nSPS) is 11.5. The molecule has 0 atom stereocenters. The molecule has 0 saturated heterocycles. The van der Waals surface area contributed by atoms with Crippen molar-refractivity contribution < 1.29 is 27.1 Å². The Labute approximate surface area is 102 Å². The van der Waals surface area contributed by atoms with Crippen molar-refractivity contribution in [1.29, 1.82) is 0 Å². The summed E-state index contributed by atoms with van der Waals surface area (Å²) in [5.74, 6) is -5.29. The topological polar surface area (TPSA) is 101 Å². The van der Waals surface area contributed by atoms with Crippen LogP contribution in [0.2, 0.25) is 0 Å². The van der Waals surface area contributed by atoms with Crippen LogP contribution in [0.15, 0.2) is 24.3 Å². The quantitative estimate of drug-likeness (QED) is 0.774. The third-order valence-electron chi connectivity index (χ3n) is 2.02. The highest BCUT2D eigenvalue weighted by molar-refractivity contribution is 7.93. The number of carbonyl (C=O) groups is 1. The first-order chi connectivity index (χ1) is 8.26. The minimum absolute atomic E-state index is 0.0787. The predicted molar refractivity (Wildman–Crippen MR) is 60.8 cm³/mol. The van der Waals surface area contributed by atoms with Crippen LogP contribution in [0, 0.1) is 0 Å². The van der Waals surface area contributed by atoms with Gasteiger partial charge in [0, 0.05) is 0 Å². The molecule has 0 aromatic heterocycles. The van der Waals surface area contributed by atoms with Gasteiger partial charge in [-0.2, -0.15) is 8.78 Å². The number of rotatable bonds is 5. The molecule has 0 unspecified atom stereocenters. The molecule has 9 heteroatoms. The fourth-order valence-corrected chi connectivity index (χ4v) is 2.17. The van der Waals surface area contributed by atoms with Crippen molar-refractivity contribution in [1.82, 2.24) is 0 Å². The number of carboxylic acids is 1. The van der Waals surface area contributed by atoms with Crippen LogP contribution in [-0.2, 0) is 14.8 Å². The van der Waals surface area contributed by atoms with E-state index in [0.717, 1.165) is 6.07 Å². The summed E-state index contributed by atoms with van der Waals surface area (Å²) >= 11 is 0. The summed E-state index contributed by atoms with van der Waals surface area (Å²) in [7, 11) is -5.07. The maximum absolute atomic E-state index is 12.5. The highest BCUT2D eigenvalue weighted by Crippen LogP contribution is 2.27. The molecule has 0 bridgehead atoms. The Hall–Kier alpha value is -1.90. The van der Waals surface area contributed by atoms with E-state index >= 15 is 0 Å². The van der Waals surface area contributed by atoms with Gasteiger partial charge in [-0.25, -0.2) is 8.42 Å². The van der Waals surface area contributed by atoms with Crippen molar-refractivity contribution in [2.24, 2.45) is 0 Å². The number of hydrogen-bond donors (Lipinski definition) is 2. The number of nitrogens with two attached hydrogens (primary N) is 1. The number of para-hydroxylation sites is 2. The van der Waals surface area contributed by atoms with Crippen LogP contribution in [-0.4, -0.2) is 31.8 Å². The van der Waals surface area contributed by atoms with Gasteiger partial charge in [-0.3, -0.25) is 9.10 Å². The van der Waals surface area contributed by atoms with Crippen molar-refractivity contribution in [3.8, 4) is 0 Å². The summed E-state index contributed by atoms with van der Waals surface area (Å²) < 4.78 is 47.8. The number of benzene rings is 1. The largest absolute Gasteiger partial charge is 0.480 e. The summed E-state index contributed by atoms with van der Waals surface area (Å²) in [6, 6.07) is 5.26. The molecular weight excluding hydrogens is 270 g/mol. The number of nitrogens with zero attached hydrogens (tertiary/aromatic N) is 1. The van der Waals surface area contributed by atoms with Gasteiger partial charge in [0.1, 0.15) is 6.54 Å². The van der Waals surface area contributed by atoms with Gasteiger partial charge in [-0.15, -0.1) is 0 Å². The maximum Gasteiger partial charge on any atom is 0.355 e. The standard InChI is InChI=1S/C9H10F2N2O4S/c10-9(11)18(16,17)13(5-8(14)15)7-4-2-1-3-6(7)12/h1-4,9H,5,12H2,(H,14,15). The molecule has 1 rings (SSSR count). The highest BCUT2D eigenvalue weighted by Gasteiger charge is 2.34. The van der Waals surface area contributed by atoms with Gasteiger partial charge >= 0.3 is 11.7 Å². The minimum Gasteiger partial charge on any atom is -0.480 e. The monoisotopic (exact) mass is 280 g/mol. The number of aliphatic carboxylic acids is 1. The molecule has 0 aliphatic heterocycles. The van der Waals surface area contributed by atoms with E-state index in [9.17, 15) is 22.0 Å². The van der Waals surface area contributed by atoms with E-state index < -0.39 is 28.3 Å². The molecule has 100 valence electrons. The molecule has 0 saturated carbocycles. The Bertz CT molecular complexity index is 547. The van der Waals surface area contributed by atoms with Gasteiger partial charge in [0.2, 0.25) is 0 Å². The van der Waals surface area contributed by atoms with E-state index in [1.807, 2.05) is 0 Å². The zero-order chi connectivity index (χ0) is 13.9. The molecular formula is C9H10F2N2O4S. The van der Waals surface area contributed by atoms with E-state index in [1.54, 1.807) is 0 Å². The molecule has 0 fully saturated rings. The van der Waals surface area contributed by atoms with Crippen LogP contribution in [0.1, 0.15) is 0 Å². The Morgan fingerprint density at radius 1 is 1.39 bits per heavy atom. The number of halogens is 2. The molecule has 0 spiro atoms. The Morgan fingerprint density at radius 3 is 2.39 bits per heavy atom. The van der Waals surface area contributed by atoms with Gasteiger partial charge in [0.05, 0.1) is 11.4 Å². The molecule has 1 aromatic rings. The summed E-state index contributed by atoms with van der Waals surface area (Å²) in [5.41, 5.74) is 5.05. The van der Waals surface area contributed by atoms with Crippen molar-refractivity contribution in [3.63, 3.8) is 0 Å². The van der Waals surface area contributed by atoms with Crippen LogP contribution in [0.25, 0.3) is 0 Å². The molecule has 3 N–H and O–H groups in total. The van der Waals surface area contributed by atoms with Crippen molar-refractivity contribution in [2.75, 3.05) is 16.6 Å². The lowest BCUT2D eigenvalue weighted by atomic mass is 10.3. The Balaban J connectivity index is 3.32. The smallest absolute Gasteiger partial charge is 0.355 e. The third-order valence-corrected chi connectivity index (χ3v) is 3.41. The van der Waals surface area contributed by atoms with E-state index in [2.05, 4.69) is 0 Å². The molecule has 0 aliphatic rings. The molecule has 6 nitrogen and oxygen atoms in total. The lowest BCUT2D eigenvalue weighted by Gasteiger charge is -2.23. The molecule has 0 heterocycles. The van der Waals surface area contributed by atoms with Crippen molar-refractivity contribution in [2.45, 2.75) is 5.76 Å². The average molecular weight is 280 g/mol. The van der Waals surface area contributed by atoms with Gasteiger partial charge in [-0.05, 0) is 12.1 Å². The van der Waals surface area contributed by atoms with Gasteiger partial charge in [-0.1, -0.05) is 12.1 Å². The second kappa shape index (κ2) is 5.17. The third kappa shape index (κ3) is 2.86. The lowest BCUT2D eigenvalue weighted by Crippen LogP contribution is -2.39. The number of sulfonamides is 1. The molecule has 0 aliphatic carbocycles. The SMILES string of the molecule is Nc1ccccc1N(CC(=O)O)S(=O)(=O)C(F)F. The van der Waals surface area contributed by atoms with Gasteiger partial charge in [0.25, 0.3) is 10.0 Å². The maximum atomic E-state index is 12.5. The zero-order valence-electron chi connectivity index (χ0n) is 8.95. The summed E-state index contributed by atoms with van der Waals surface area (Å²) in [5, 5.41) is 8.59. The van der Waals surface area contributed by atoms with Crippen LogP contribution in [0.3, 0.4) is 0 Å². The fourth-order valence-electron chi connectivity index (χ4n) is 1.25. The number of alkyl halides is 2. The van der Waals surface area contributed by atoms with E-state index in [0.29, 0.717) is 0 Å². The second-order valence-corrected chi connectivity index (χ2v) is 5.09. The summed E-state index contributed by atoms with van der Waals surface area (Å²) in [6.45, 7) is -1.12. The molecule has 0 radical (unpaired) electrons. The number of nitrogen functional groups attached to an aromatic ring is 1. The van der Waals surface area contributed by atoms with E-state index in [4.69, 9.17) is 10.8 Å². The van der Waals surface area contributed by atoms with E-state index in [-0.39, 0.29) is 15.7 Å². The second-order valence-electron chi connectivity index (χ2n) is 3.26. The van der Waals surface area contributed by atoms with Crippen molar-refractivity contribution in [3.05, 3.63) is 24.3 Å². The number of hydrogen-bond acceptors (Lipinski definition) is 4. The van der Waals surface area contributed by atoms with E-state index in [1.165, 1.54) is 18.2 Å². The van der Waals surface area contributed by atoms with Crippen molar-refractivity contribution >= 4 is 27.4 Å². The van der Waals surface area contributed by atoms with Gasteiger partial charge in [0.15, 0.2) is 0 Å². The number of anilines is 2. The van der Waals surface area contributed by atoms with Crippen LogP contribution in [0.5, 0.6) is 0 Å². The Kier molecular flexibility index (Phi) is 4.07. The lowest BCUT2D eigenvalue weighted by molar-refractivity contribution is -0.135. The molecule has 18 heavy (non-hydrogen) atoms. The zero-order valence-corrected chi connectivity index (χ0v) is 9.77. The number of carboxylic acid groups (broad SMARTS) is 1. The first kappa shape index (κ1) is 14.2. The fraction of sp³-hybridized carbons (Fsp3) is 0.222. The summed E-state index contributed by atoms with van der Waals surface area (Å²) in [4.78, 5) is 10.6. The summed E-state index contributed by atoms with van der Waals surface area (Å²) in [6.07, 6.45) is 0. The first-order valence-electron chi connectivity index (χ1n) is 4.63. The van der Waals surface area contributed by atoms with Crippen LogP contribution in [0.4, 0.5) is 20.2 Å². The predicted octanol–water partition coefficient (Wildman–Crippen LogP) is 0.712.